The van der Waals surface area contributed by atoms with Crippen molar-refractivity contribution >= 4 is 23.0 Å². The number of rotatable bonds is 1. The van der Waals surface area contributed by atoms with Crippen molar-refractivity contribution in [3.8, 4) is 0 Å². The molecule has 0 N–H and O–H groups in total. The highest BCUT2D eigenvalue weighted by molar-refractivity contribution is 7.97. The first-order valence-electron chi connectivity index (χ1n) is 3.38. The SMILES string of the molecule is CSn1ccc2cccnc21. The third-order valence-electron chi connectivity index (χ3n) is 1.61. The fourth-order valence-electron chi connectivity index (χ4n) is 1.09. The molecule has 2 aromatic rings. The normalized spacial score (nSPS) is 10.6. The molecule has 0 aliphatic rings. The van der Waals surface area contributed by atoms with Crippen LogP contribution in [0.1, 0.15) is 0 Å². The summed E-state index contributed by atoms with van der Waals surface area (Å²) < 4.78 is 2.05. The molecule has 0 amide bonds. The molecule has 2 nitrogen and oxygen atoms in total. The van der Waals surface area contributed by atoms with E-state index < -0.39 is 0 Å². The van der Waals surface area contributed by atoms with Gasteiger partial charge in [0.2, 0.25) is 0 Å². The van der Waals surface area contributed by atoms with E-state index >= 15 is 0 Å². The van der Waals surface area contributed by atoms with Crippen LogP contribution in [0.25, 0.3) is 11.0 Å². The van der Waals surface area contributed by atoms with Crippen molar-refractivity contribution in [2.45, 2.75) is 0 Å². The van der Waals surface area contributed by atoms with Crippen LogP contribution in [-0.4, -0.2) is 15.2 Å². The topological polar surface area (TPSA) is 17.8 Å². The van der Waals surface area contributed by atoms with Gasteiger partial charge in [-0.25, -0.2) is 4.98 Å². The average molecular weight is 164 g/mol. The summed E-state index contributed by atoms with van der Waals surface area (Å²) in [5.41, 5.74) is 1.04. The van der Waals surface area contributed by atoms with Gasteiger partial charge in [0.05, 0.1) is 0 Å². The summed E-state index contributed by atoms with van der Waals surface area (Å²) >= 11 is 1.66. The van der Waals surface area contributed by atoms with Gasteiger partial charge in [-0.05, 0) is 30.1 Å². The second-order valence-electron chi connectivity index (χ2n) is 2.24. The molecule has 0 unspecified atom stereocenters. The number of nitrogens with zero attached hydrogens (tertiary/aromatic N) is 2. The van der Waals surface area contributed by atoms with E-state index in [0.29, 0.717) is 0 Å². The molecule has 0 saturated carbocycles. The molecule has 0 atom stereocenters. The summed E-state index contributed by atoms with van der Waals surface area (Å²) in [6, 6.07) is 6.08. The van der Waals surface area contributed by atoms with Crippen molar-refractivity contribution in [1.29, 1.82) is 0 Å². The third kappa shape index (κ3) is 1.01. The van der Waals surface area contributed by atoms with Crippen LogP contribution in [0.5, 0.6) is 0 Å². The van der Waals surface area contributed by atoms with Crippen LogP contribution in [0.15, 0.2) is 30.6 Å². The summed E-state index contributed by atoms with van der Waals surface area (Å²) in [7, 11) is 0. The van der Waals surface area contributed by atoms with Gasteiger partial charge in [-0.3, -0.25) is 3.97 Å². The zero-order valence-electron chi connectivity index (χ0n) is 6.19. The minimum Gasteiger partial charge on any atom is -0.275 e. The van der Waals surface area contributed by atoms with Gasteiger partial charge in [-0.1, -0.05) is 0 Å². The van der Waals surface area contributed by atoms with Crippen LogP contribution in [0.2, 0.25) is 0 Å². The van der Waals surface area contributed by atoms with E-state index in [0.717, 1.165) is 5.65 Å². The maximum atomic E-state index is 4.25. The molecule has 11 heavy (non-hydrogen) atoms. The van der Waals surface area contributed by atoms with E-state index in [4.69, 9.17) is 0 Å². The molecular weight excluding hydrogens is 156 g/mol. The van der Waals surface area contributed by atoms with E-state index in [1.54, 1.807) is 11.9 Å². The van der Waals surface area contributed by atoms with Gasteiger partial charge in [0.15, 0.2) is 0 Å². The van der Waals surface area contributed by atoms with Gasteiger partial charge in [-0.15, -0.1) is 0 Å². The minimum atomic E-state index is 1.04. The van der Waals surface area contributed by atoms with Crippen molar-refractivity contribution in [3.63, 3.8) is 0 Å². The van der Waals surface area contributed by atoms with E-state index in [1.165, 1.54) is 5.39 Å². The highest BCUT2D eigenvalue weighted by Gasteiger charge is 1.97. The molecular formula is C8H8N2S. The quantitative estimate of drug-likeness (QED) is 0.642. The number of fused-ring (bicyclic) bond motifs is 1. The second kappa shape index (κ2) is 2.58. The molecule has 0 saturated heterocycles. The van der Waals surface area contributed by atoms with E-state index in [-0.39, 0.29) is 0 Å². The molecule has 0 aliphatic heterocycles. The average Bonchev–Trinajstić information content (AvgIpc) is 2.47. The first kappa shape index (κ1) is 6.73. The lowest BCUT2D eigenvalue weighted by Gasteiger charge is -1.95. The van der Waals surface area contributed by atoms with Gasteiger partial charge in [0, 0.05) is 24.0 Å². The minimum absolute atomic E-state index is 1.04. The molecule has 0 aliphatic carbocycles. The van der Waals surface area contributed by atoms with Crippen molar-refractivity contribution < 1.29 is 0 Å². The second-order valence-corrected chi connectivity index (χ2v) is 3.00. The Labute approximate surface area is 69.4 Å². The van der Waals surface area contributed by atoms with E-state index in [2.05, 4.69) is 21.1 Å². The monoisotopic (exact) mass is 164 g/mol. The summed E-state index contributed by atoms with van der Waals surface area (Å²) in [6.07, 6.45) is 5.88. The summed E-state index contributed by atoms with van der Waals surface area (Å²) in [4.78, 5) is 4.25. The molecule has 2 heterocycles. The van der Waals surface area contributed by atoms with Crippen LogP contribution in [0.4, 0.5) is 0 Å². The van der Waals surface area contributed by atoms with Gasteiger partial charge >= 0.3 is 0 Å². The molecule has 2 aromatic heterocycles. The van der Waals surface area contributed by atoms with Gasteiger partial charge in [-0.2, -0.15) is 0 Å². The summed E-state index contributed by atoms with van der Waals surface area (Å²) in [5, 5.41) is 1.20. The zero-order valence-corrected chi connectivity index (χ0v) is 7.01. The largest absolute Gasteiger partial charge is 0.275 e. The zero-order chi connectivity index (χ0) is 7.68. The van der Waals surface area contributed by atoms with Crippen LogP contribution >= 0.6 is 11.9 Å². The third-order valence-corrected chi connectivity index (χ3v) is 2.30. The number of hydrogen-bond donors (Lipinski definition) is 0. The number of pyridine rings is 1. The first-order valence-corrected chi connectivity index (χ1v) is 4.56. The van der Waals surface area contributed by atoms with Crippen molar-refractivity contribution in [3.05, 3.63) is 30.6 Å². The molecule has 0 bridgehead atoms. The fraction of sp³-hybridized carbons (Fsp3) is 0.125. The number of aromatic nitrogens is 2. The highest BCUT2D eigenvalue weighted by atomic mass is 32.2. The lowest BCUT2D eigenvalue weighted by Crippen LogP contribution is -1.83. The fourth-order valence-corrected chi connectivity index (χ4v) is 1.60. The lowest BCUT2D eigenvalue weighted by atomic mass is 10.3. The van der Waals surface area contributed by atoms with Crippen LogP contribution in [0.3, 0.4) is 0 Å². The smallest absolute Gasteiger partial charge is 0.149 e. The summed E-state index contributed by atoms with van der Waals surface area (Å²) in [5.74, 6) is 0. The van der Waals surface area contributed by atoms with Crippen molar-refractivity contribution in [2.24, 2.45) is 0 Å². The molecule has 0 aromatic carbocycles. The number of hydrogen-bond acceptors (Lipinski definition) is 2. The van der Waals surface area contributed by atoms with Gasteiger partial charge < -0.3 is 0 Å². The Balaban J connectivity index is 2.76. The Bertz CT molecular complexity index is 367. The summed E-state index contributed by atoms with van der Waals surface area (Å²) in [6.45, 7) is 0. The lowest BCUT2D eigenvalue weighted by molar-refractivity contribution is 1.26. The predicted molar refractivity (Wildman–Crippen MR) is 48.6 cm³/mol. The Hall–Kier alpha value is -0.960. The molecule has 0 fully saturated rings. The Morgan fingerprint density at radius 1 is 1.45 bits per heavy atom. The molecule has 0 radical (unpaired) electrons. The standard InChI is InChI=1S/C8H8N2S/c1-11-10-6-4-7-3-2-5-9-8(7)10/h2-6H,1H3. The first-order chi connectivity index (χ1) is 5.42. The van der Waals surface area contributed by atoms with Gasteiger partial charge in [0.1, 0.15) is 5.65 Å². The molecule has 0 spiro atoms. The van der Waals surface area contributed by atoms with Crippen molar-refractivity contribution in [2.75, 3.05) is 6.26 Å². The van der Waals surface area contributed by atoms with E-state index in [9.17, 15) is 0 Å². The predicted octanol–water partition coefficient (Wildman–Crippen LogP) is 2.16. The van der Waals surface area contributed by atoms with Crippen LogP contribution in [0, 0.1) is 0 Å². The van der Waals surface area contributed by atoms with Crippen molar-refractivity contribution in [1.82, 2.24) is 8.96 Å². The Morgan fingerprint density at radius 3 is 3.18 bits per heavy atom. The van der Waals surface area contributed by atoms with Crippen LogP contribution in [-0.2, 0) is 0 Å². The molecule has 56 valence electrons. The molecule has 2 rings (SSSR count). The van der Waals surface area contributed by atoms with Gasteiger partial charge in [0.25, 0.3) is 0 Å². The van der Waals surface area contributed by atoms with E-state index in [1.807, 2.05) is 24.7 Å². The van der Waals surface area contributed by atoms with Crippen LogP contribution < -0.4 is 0 Å². The maximum absolute atomic E-state index is 4.25. The maximum Gasteiger partial charge on any atom is 0.149 e. The Kier molecular flexibility index (Phi) is 1.58. The highest BCUT2D eigenvalue weighted by Crippen LogP contribution is 2.15. The molecule has 3 heteroatoms. The Morgan fingerprint density at radius 2 is 2.36 bits per heavy atom.